The summed E-state index contributed by atoms with van der Waals surface area (Å²) in [4.78, 5) is 15.4. The zero-order valence-corrected chi connectivity index (χ0v) is 12.7. The van der Waals surface area contributed by atoms with E-state index in [4.69, 9.17) is 9.73 Å². The Labute approximate surface area is 129 Å². The maximum absolute atomic E-state index is 5.87. The van der Waals surface area contributed by atoms with Gasteiger partial charge in [-0.1, -0.05) is 0 Å². The van der Waals surface area contributed by atoms with E-state index in [0.29, 0.717) is 6.61 Å². The Balaban J connectivity index is 1.70. The van der Waals surface area contributed by atoms with E-state index in [9.17, 15) is 0 Å². The highest BCUT2D eigenvalue weighted by atomic mass is 16.5. The SMILES string of the molecule is CC1(C)COC([C@@H]2[C@@H](c3ccncc3)N2c2cccnc2)=N1. The Kier molecular flexibility index (Phi) is 2.89. The van der Waals surface area contributed by atoms with E-state index in [1.54, 1.807) is 6.20 Å². The lowest BCUT2D eigenvalue weighted by Crippen LogP contribution is -2.17. The molecule has 2 aromatic rings. The summed E-state index contributed by atoms with van der Waals surface area (Å²) in [7, 11) is 0. The Morgan fingerprint density at radius 1 is 1.09 bits per heavy atom. The first-order valence-corrected chi connectivity index (χ1v) is 7.47. The number of rotatable bonds is 3. The molecular weight excluding hydrogens is 276 g/mol. The van der Waals surface area contributed by atoms with Crippen molar-refractivity contribution < 1.29 is 4.74 Å². The van der Waals surface area contributed by atoms with Crippen LogP contribution in [0.4, 0.5) is 5.69 Å². The number of aliphatic imine (C=N–C) groups is 1. The lowest BCUT2D eigenvalue weighted by Gasteiger charge is -2.07. The van der Waals surface area contributed by atoms with Crippen LogP contribution in [0.5, 0.6) is 0 Å². The molecule has 0 aliphatic carbocycles. The Bertz CT molecular complexity index is 654. The molecule has 0 saturated carbocycles. The summed E-state index contributed by atoms with van der Waals surface area (Å²) in [5.41, 5.74) is 2.17. The number of aromatic nitrogens is 2. The number of pyridine rings is 2. The molecule has 0 unspecified atom stereocenters. The van der Waals surface area contributed by atoms with Crippen LogP contribution in [0.15, 0.2) is 54.0 Å². The van der Waals surface area contributed by atoms with Crippen molar-refractivity contribution in [1.82, 2.24) is 9.97 Å². The van der Waals surface area contributed by atoms with Gasteiger partial charge in [0.2, 0.25) is 5.90 Å². The van der Waals surface area contributed by atoms with Crippen molar-refractivity contribution in [3.05, 3.63) is 54.6 Å². The third-order valence-corrected chi connectivity index (χ3v) is 4.04. The summed E-state index contributed by atoms with van der Waals surface area (Å²) in [6, 6.07) is 8.51. The fourth-order valence-corrected chi connectivity index (χ4v) is 2.98. The van der Waals surface area contributed by atoms with Gasteiger partial charge in [0, 0.05) is 18.6 Å². The normalized spacial score (nSPS) is 25.5. The second-order valence-electron chi connectivity index (χ2n) is 6.34. The zero-order valence-electron chi connectivity index (χ0n) is 12.7. The fraction of sp³-hybridized carbons (Fsp3) is 0.353. The third kappa shape index (κ3) is 2.22. The lowest BCUT2D eigenvalue weighted by atomic mass is 10.1. The smallest absolute Gasteiger partial charge is 0.210 e. The van der Waals surface area contributed by atoms with Gasteiger partial charge in [0.05, 0.1) is 23.5 Å². The highest BCUT2D eigenvalue weighted by Crippen LogP contribution is 2.48. The molecule has 22 heavy (non-hydrogen) atoms. The van der Waals surface area contributed by atoms with E-state index in [2.05, 4.69) is 46.9 Å². The van der Waals surface area contributed by atoms with Gasteiger partial charge in [0.15, 0.2) is 0 Å². The van der Waals surface area contributed by atoms with Crippen LogP contribution in [0, 0.1) is 0 Å². The van der Waals surface area contributed by atoms with Crippen molar-refractivity contribution in [2.75, 3.05) is 11.5 Å². The molecule has 5 heteroatoms. The van der Waals surface area contributed by atoms with E-state index < -0.39 is 0 Å². The van der Waals surface area contributed by atoms with Crippen LogP contribution in [0.3, 0.4) is 0 Å². The third-order valence-electron chi connectivity index (χ3n) is 4.04. The Morgan fingerprint density at radius 2 is 1.91 bits per heavy atom. The zero-order chi connectivity index (χ0) is 15.2. The average molecular weight is 294 g/mol. The highest BCUT2D eigenvalue weighted by molar-refractivity contribution is 5.94. The molecule has 2 atom stereocenters. The first-order chi connectivity index (χ1) is 10.7. The highest BCUT2D eigenvalue weighted by Gasteiger charge is 2.54. The molecule has 0 bridgehead atoms. The van der Waals surface area contributed by atoms with Gasteiger partial charge in [-0.3, -0.25) is 9.97 Å². The topological polar surface area (TPSA) is 50.4 Å². The van der Waals surface area contributed by atoms with Gasteiger partial charge in [-0.2, -0.15) is 0 Å². The number of hydrogen-bond donors (Lipinski definition) is 0. The van der Waals surface area contributed by atoms with Crippen LogP contribution in [0.2, 0.25) is 0 Å². The van der Waals surface area contributed by atoms with Crippen LogP contribution < -0.4 is 4.90 Å². The molecule has 2 aromatic heterocycles. The molecule has 0 aromatic carbocycles. The number of ether oxygens (including phenoxy) is 1. The van der Waals surface area contributed by atoms with Crippen LogP contribution in [0.1, 0.15) is 25.5 Å². The molecule has 2 aliphatic rings. The Morgan fingerprint density at radius 3 is 2.55 bits per heavy atom. The van der Waals surface area contributed by atoms with Gasteiger partial charge in [-0.05, 0) is 43.7 Å². The summed E-state index contributed by atoms with van der Waals surface area (Å²) in [6.45, 7) is 4.83. The summed E-state index contributed by atoms with van der Waals surface area (Å²) in [5.74, 6) is 0.829. The number of anilines is 1. The molecule has 1 saturated heterocycles. The molecule has 2 aliphatic heterocycles. The molecule has 0 radical (unpaired) electrons. The van der Waals surface area contributed by atoms with E-state index >= 15 is 0 Å². The minimum Gasteiger partial charge on any atom is -0.477 e. The molecule has 0 spiro atoms. The maximum Gasteiger partial charge on any atom is 0.210 e. The summed E-state index contributed by atoms with van der Waals surface area (Å²) in [5, 5.41) is 0. The first-order valence-electron chi connectivity index (χ1n) is 7.47. The van der Waals surface area contributed by atoms with Crippen LogP contribution in [-0.4, -0.2) is 34.1 Å². The van der Waals surface area contributed by atoms with Crippen molar-refractivity contribution >= 4 is 11.6 Å². The fourth-order valence-electron chi connectivity index (χ4n) is 2.98. The van der Waals surface area contributed by atoms with E-state index in [0.717, 1.165) is 11.6 Å². The molecule has 0 N–H and O–H groups in total. The van der Waals surface area contributed by atoms with Gasteiger partial charge < -0.3 is 9.64 Å². The van der Waals surface area contributed by atoms with Crippen molar-refractivity contribution in [3.8, 4) is 0 Å². The molecule has 0 amide bonds. The van der Waals surface area contributed by atoms with Crippen molar-refractivity contribution in [3.63, 3.8) is 0 Å². The summed E-state index contributed by atoms with van der Waals surface area (Å²) in [6.07, 6.45) is 7.33. The monoisotopic (exact) mass is 294 g/mol. The van der Waals surface area contributed by atoms with Gasteiger partial charge in [-0.15, -0.1) is 0 Å². The summed E-state index contributed by atoms with van der Waals surface area (Å²) >= 11 is 0. The summed E-state index contributed by atoms with van der Waals surface area (Å²) < 4.78 is 5.87. The predicted molar refractivity (Wildman–Crippen MR) is 84.9 cm³/mol. The quantitative estimate of drug-likeness (QED) is 0.817. The van der Waals surface area contributed by atoms with E-state index in [1.807, 2.05) is 24.7 Å². The molecule has 1 fully saturated rings. The standard InChI is InChI=1S/C17H18N4O/c1-17(2)11-22-16(20-17)15-14(12-5-8-18-9-6-12)21(15)13-4-3-7-19-10-13/h3-10,14-15H,11H2,1-2H3/t14-,15+,21?/m1/s1. The Hall–Kier alpha value is -2.43. The number of hydrogen-bond acceptors (Lipinski definition) is 5. The minimum absolute atomic E-state index is 0.138. The molecule has 4 rings (SSSR count). The molecule has 5 nitrogen and oxygen atoms in total. The van der Waals surface area contributed by atoms with Crippen molar-refractivity contribution in [2.45, 2.75) is 31.5 Å². The number of nitrogens with zero attached hydrogens (tertiary/aromatic N) is 4. The van der Waals surface area contributed by atoms with Gasteiger partial charge >= 0.3 is 0 Å². The van der Waals surface area contributed by atoms with Crippen LogP contribution >= 0.6 is 0 Å². The van der Waals surface area contributed by atoms with Crippen LogP contribution in [-0.2, 0) is 4.74 Å². The van der Waals surface area contributed by atoms with Gasteiger partial charge in [0.25, 0.3) is 0 Å². The first kappa shape index (κ1) is 13.2. The van der Waals surface area contributed by atoms with Gasteiger partial charge in [0.1, 0.15) is 12.6 Å². The van der Waals surface area contributed by atoms with Crippen molar-refractivity contribution in [2.24, 2.45) is 4.99 Å². The second-order valence-corrected chi connectivity index (χ2v) is 6.34. The molecular formula is C17H18N4O. The molecule has 112 valence electrons. The van der Waals surface area contributed by atoms with E-state index in [1.165, 1.54) is 5.56 Å². The maximum atomic E-state index is 5.87. The van der Waals surface area contributed by atoms with E-state index in [-0.39, 0.29) is 17.6 Å². The van der Waals surface area contributed by atoms with Crippen molar-refractivity contribution in [1.29, 1.82) is 0 Å². The van der Waals surface area contributed by atoms with Gasteiger partial charge in [-0.25, -0.2) is 4.99 Å². The second kappa shape index (κ2) is 4.80. The molecule has 4 heterocycles. The predicted octanol–water partition coefficient (Wildman–Crippen LogP) is 2.61. The largest absolute Gasteiger partial charge is 0.477 e. The lowest BCUT2D eigenvalue weighted by molar-refractivity contribution is 0.275. The minimum atomic E-state index is -0.138. The van der Waals surface area contributed by atoms with Crippen LogP contribution in [0.25, 0.3) is 0 Å². The average Bonchev–Trinajstić information content (AvgIpc) is 3.19.